The minimum absolute atomic E-state index is 0.0418. The van der Waals surface area contributed by atoms with Crippen LogP contribution < -0.4 is 0 Å². The molecule has 0 amide bonds. The summed E-state index contributed by atoms with van der Waals surface area (Å²) in [4.78, 5) is 15.8. The van der Waals surface area contributed by atoms with E-state index in [0.29, 0.717) is 16.8 Å². The molecule has 3 aromatic rings. The van der Waals surface area contributed by atoms with Crippen LogP contribution in [0, 0.1) is 5.92 Å². The smallest absolute Gasteiger partial charge is 0.234 e. The number of hydrogen-bond acceptors (Lipinski definition) is 6. The number of halogens is 1. The van der Waals surface area contributed by atoms with E-state index in [1.54, 1.807) is 18.6 Å². The molecule has 0 radical (unpaired) electrons. The monoisotopic (exact) mass is 381 g/mol. The van der Waals surface area contributed by atoms with Crippen molar-refractivity contribution < 1.29 is 4.52 Å². The lowest BCUT2D eigenvalue weighted by Gasteiger charge is -2.24. The molecule has 0 bridgehead atoms. The largest absolute Gasteiger partial charge is 0.338 e. The Morgan fingerprint density at radius 2 is 2.22 bits per heavy atom. The fourth-order valence-electron chi connectivity index (χ4n) is 4.63. The molecule has 3 aromatic heterocycles. The van der Waals surface area contributed by atoms with Crippen molar-refractivity contribution in [1.29, 1.82) is 0 Å². The Bertz CT molecular complexity index is 929. The third-order valence-electron chi connectivity index (χ3n) is 5.89. The van der Waals surface area contributed by atoms with E-state index in [4.69, 9.17) is 21.1 Å². The van der Waals surface area contributed by atoms with Crippen LogP contribution in [0.25, 0.3) is 11.4 Å². The van der Waals surface area contributed by atoms with Crippen molar-refractivity contribution in [3.63, 3.8) is 0 Å². The second kappa shape index (κ2) is 6.69. The number of nitrogens with zero attached hydrogens (tertiary/aromatic N) is 5. The van der Waals surface area contributed by atoms with Gasteiger partial charge in [0.2, 0.25) is 11.7 Å². The second-order valence-corrected chi connectivity index (χ2v) is 7.98. The van der Waals surface area contributed by atoms with Gasteiger partial charge in [0, 0.05) is 43.8 Å². The van der Waals surface area contributed by atoms with Crippen molar-refractivity contribution in [1.82, 2.24) is 25.0 Å². The van der Waals surface area contributed by atoms with Crippen LogP contribution in [0.5, 0.6) is 0 Å². The molecule has 2 fully saturated rings. The number of pyridine rings is 2. The predicted molar refractivity (Wildman–Crippen MR) is 101 cm³/mol. The van der Waals surface area contributed by atoms with Gasteiger partial charge in [-0.25, -0.2) is 0 Å². The minimum atomic E-state index is -0.0418. The van der Waals surface area contributed by atoms with Crippen LogP contribution in [0.2, 0.25) is 5.02 Å². The number of aromatic nitrogens is 4. The maximum Gasteiger partial charge on any atom is 0.234 e. The highest BCUT2D eigenvalue weighted by Crippen LogP contribution is 2.50. The molecule has 2 atom stereocenters. The summed E-state index contributed by atoms with van der Waals surface area (Å²) < 4.78 is 5.77. The van der Waals surface area contributed by atoms with Crippen molar-refractivity contribution in [2.75, 3.05) is 13.1 Å². The van der Waals surface area contributed by atoms with Crippen LogP contribution in [0.3, 0.4) is 0 Å². The lowest BCUT2D eigenvalue weighted by Crippen LogP contribution is -2.32. The first kappa shape index (κ1) is 16.8. The Balaban J connectivity index is 1.39. The molecule has 0 aromatic carbocycles. The van der Waals surface area contributed by atoms with Crippen LogP contribution in [-0.2, 0) is 12.0 Å². The number of rotatable bonds is 4. The molecule has 5 rings (SSSR count). The van der Waals surface area contributed by atoms with E-state index in [1.165, 1.54) is 12.8 Å². The number of fused-ring (bicyclic) bond motifs is 1. The Labute approximate surface area is 162 Å². The van der Waals surface area contributed by atoms with Crippen LogP contribution >= 0.6 is 11.6 Å². The summed E-state index contributed by atoms with van der Waals surface area (Å²) in [5.74, 6) is 1.94. The van der Waals surface area contributed by atoms with Crippen molar-refractivity contribution in [2.24, 2.45) is 5.92 Å². The van der Waals surface area contributed by atoms with Crippen molar-refractivity contribution in [3.8, 4) is 11.4 Å². The first-order chi connectivity index (χ1) is 13.2. The van der Waals surface area contributed by atoms with Gasteiger partial charge in [0.05, 0.1) is 16.1 Å². The van der Waals surface area contributed by atoms with Crippen molar-refractivity contribution >= 4 is 11.6 Å². The summed E-state index contributed by atoms with van der Waals surface area (Å²) in [5.41, 5.74) is 1.88. The Kier molecular flexibility index (Phi) is 4.17. The molecule has 27 heavy (non-hydrogen) atoms. The molecule has 1 saturated carbocycles. The summed E-state index contributed by atoms with van der Waals surface area (Å²) in [6.45, 7) is 2.78. The molecule has 1 aliphatic heterocycles. The van der Waals surface area contributed by atoms with Gasteiger partial charge in [0.15, 0.2) is 0 Å². The summed E-state index contributed by atoms with van der Waals surface area (Å²) in [6, 6.07) is 7.74. The molecule has 2 aliphatic rings. The summed E-state index contributed by atoms with van der Waals surface area (Å²) in [6.07, 6.45) is 8.73. The first-order valence-electron chi connectivity index (χ1n) is 9.30. The Morgan fingerprint density at radius 3 is 3.04 bits per heavy atom. The zero-order valence-corrected chi connectivity index (χ0v) is 15.6. The van der Waals surface area contributed by atoms with E-state index in [-0.39, 0.29) is 5.41 Å². The van der Waals surface area contributed by atoms with E-state index >= 15 is 0 Å². The van der Waals surface area contributed by atoms with Crippen LogP contribution in [0.1, 0.15) is 30.8 Å². The number of hydrogen-bond donors (Lipinski definition) is 0. The van der Waals surface area contributed by atoms with Gasteiger partial charge in [-0.3, -0.25) is 14.9 Å². The topological polar surface area (TPSA) is 67.9 Å². The van der Waals surface area contributed by atoms with E-state index in [1.807, 2.05) is 24.3 Å². The quantitative estimate of drug-likeness (QED) is 0.685. The van der Waals surface area contributed by atoms with Crippen LogP contribution in [-0.4, -0.2) is 38.1 Å². The maximum absolute atomic E-state index is 5.95. The minimum Gasteiger partial charge on any atom is -0.338 e. The highest BCUT2D eigenvalue weighted by atomic mass is 35.5. The van der Waals surface area contributed by atoms with Gasteiger partial charge >= 0.3 is 0 Å². The van der Waals surface area contributed by atoms with Gasteiger partial charge < -0.3 is 4.52 Å². The molecule has 0 N–H and O–H groups in total. The standard InChI is InChI=1S/C20H20ClN5O/c21-16-5-6-17(23-10-16)12-26-11-15-4-1-7-20(15,13-26)19-24-18(25-27-19)14-3-2-8-22-9-14/h2-3,5-6,8-10,15H,1,4,7,11-13H2/t15-,20-/m1/s1. The SMILES string of the molecule is Clc1ccc(CN2C[C@H]3CCC[C@@]3(c3nc(-c4cccnc4)no3)C2)nc1. The first-order valence-corrected chi connectivity index (χ1v) is 9.68. The molecule has 6 nitrogen and oxygen atoms in total. The van der Waals surface area contributed by atoms with E-state index in [0.717, 1.165) is 43.2 Å². The molecular formula is C20H20ClN5O. The zero-order valence-electron chi connectivity index (χ0n) is 14.9. The average Bonchev–Trinajstić information content (AvgIpc) is 3.38. The molecule has 1 aliphatic carbocycles. The number of likely N-dealkylation sites (tertiary alicyclic amines) is 1. The third kappa shape index (κ3) is 3.03. The normalized spacial score (nSPS) is 25.0. The van der Waals surface area contributed by atoms with Crippen molar-refractivity contribution in [2.45, 2.75) is 31.2 Å². The van der Waals surface area contributed by atoms with Crippen LogP contribution in [0.15, 0.2) is 47.4 Å². The fourth-order valence-corrected chi connectivity index (χ4v) is 4.74. The second-order valence-electron chi connectivity index (χ2n) is 7.55. The van der Waals surface area contributed by atoms with E-state index < -0.39 is 0 Å². The summed E-state index contributed by atoms with van der Waals surface area (Å²) >= 11 is 5.95. The predicted octanol–water partition coefficient (Wildman–Crippen LogP) is 3.73. The fraction of sp³-hybridized carbons (Fsp3) is 0.400. The molecule has 4 heterocycles. The Hall–Kier alpha value is -2.31. The molecule has 138 valence electrons. The van der Waals surface area contributed by atoms with Crippen molar-refractivity contribution in [3.05, 3.63) is 59.5 Å². The van der Waals surface area contributed by atoms with E-state index in [2.05, 4.69) is 20.0 Å². The molecule has 0 spiro atoms. The highest BCUT2D eigenvalue weighted by molar-refractivity contribution is 6.30. The molecule has 0 unspecified atom stereocenters. The molecular weight excluding hydrogens is 362 g/mol. The van der Waals surface area contributed by atoms with Gasteiger partial charge in [-0.05, 0) is 43.0 Å². The summed E-state index contributed by atoms with van der Waals surface area (Å²) in [5, 5.41) is 4.90. The zero-order chi connectivity index (χ0) is 18.3. The maximum atomic E-state index is 5.95. The summed E-state index contributed by atoms with van der Waals surface area (Å²) in [7, 11) is 0. The lowest BCUT2D eigenvalue weighted by atomic mass is 9.80. The molecule has 7 heteroatoms. The molecule has 1 saturated heterocycles. The van der Waals surface area contributed by atoms with Crippen LogP contribution in [0.4, 0.5) is 0 Å². The van der Waals surface area contributed by atoms with Gasteiger partial charge in [0.1, 0.15) is 0 Å². The van der Waals surface area contributed by atoms with Gasteiger partial charge in [0.25, 0.3) is 0 Å². The Morgan fingerprint density at radius 1 is 1.26 bits per heavy atom. The van der Waals surface area contributed by atoms with Gasteiger partial charge in [-0.1, -0.05) is 23.2 Å². The van der Waals surface area contributed by atoms with Gasteiger partial charge in [-0.15, -0.1) is 0 Å². The van der Waals surface area contributed by atoms with E-state index in [9.17, 15) is 0 Å². The third-order valence-corrected chi connectivity index (χ3v) is 6.11. The average molecular weight is 382 g/mol. The van der Waals surface area contributed by atoms with Gasteiger partial charge in [-0.2, -0.15) is 4.98 Å². The lowest BCUT2D eigenvalue weighted by molar-refractivity contribution is 0.244. The highest BCUT2D eigenvalue weighted by Gasteiger charge is 2.54.